The number of carbonyl (C=O) groups excluding carboxylic acids is 2. The summed E-state index contributed by atoms with van der Waals surface area (Å²) in [5.41, 5.74) is 1.18. The molecular weight excluding hydrogens is 392 g/mol. The van der Waals surface area contributed by atoms with Gasteiger partial charge in [0.25, 0.3) is 0 Å². The third-order valence-electron chi connectivity index (χ3n) is 3.34. The van der Waals surface area contributed by atoms with Crippen LogP contribution in [0.25, 0.3) is 0 Å². The maximum Gasteiger partial charge on any atom is 0.229 e. The predicted molar refractivity (Wildman–Crippen MR) is 103 cm³/mol. The molecule has 8 nitrogen and oxygen atoms in total. The zero-order valence-corrected chi connectivity index (χ0v) is 16.2. The van der Waals surface area contributed by atoms with Gasteiger partial charge in [0, 0.05) is 22.5 Å². The zero-order chi connectivity index (χ0) is 20.2. The first-order chi connectivity index (χ1) is 12.4. The second kappa shape index (κ2) is 7.89. The first kappa shape index (κ1) is 20.6. The Morgan fingerprint density at radius 1 is 0.667 bits per heavy atom. The number of hydrogen-bond acceptors (Lipinski definition) is 6. The molecule has 27 heavy (non-hydrogen) atoms. The highest BCUT2D eigenvalue weighted by Gasteiger charge is 2.14. The van der Waals surface area contributed by atoms with Crippen molar-refractivity contribution in [3.8, 4) is 0 Å². The van der Waals surface area contributed by atoms with Crippen LogP contribution >= 0.6 is 0 Å². The Bertz CT molecular complexity index is 970. The Hall–Kier alpha value is -2.72. The van der Waals surface area contributed by atoms with Gasteiger partial charge >= 0.3 is 0 Å². The van der Waals surface area contributed by atoms with Crippen LogP contribution < -0.4 is 9.44 Å². The van der Waals surface area contributed by atoms with Crippen LogP contribution in [-0.4, -0.2) is 40.9 Å². The quantitative estimate of drug-likeness (QED) is 0.505. The predicted octanol–water partition coefficient (Wildman–Crippen LogP) is 1.89. The van der Waals surface area contributed by atoms with Crippen LogP contribution in [0.2, 0.25) is 0 Å². The van der Waals surface area contributed by atoms with Gasteiger partial charge in [0.05, 0.1) is 18.9 Å². The number of carbonyl (C=O) groups is 2. The lowest BCUT2D eigenvalue weighted by atomic mass is 10.0. The van der Waals surface area contributed by atoms with E-state index in [2.05, 4.69) is 9.44 Å². The molecule has 0 aliphatic carbocycles. The van der Waals surface area contributed by atoms with Crippen molar-refractivity contribution in [3.63, 3.8) is 0 Å². The van der Waals surface area contributed by atoms with Gasteiger partial charge in [-0.3, -0.25) is 19.0 Å². The lowest BCUT2D eigenvalue weighted by Crippen LogP contribution is -2.11. The van der Waals surface area contributed by atoms with E-state index < -0.39 is 31.6 Å². The van der Waals surface area contributed by atoms with Gasteiger partial charge in [0.15, 0.2) is 11.6 Å². The van der Waals surface area contributed by atoms with Gasteiger partial charge in [-0.25, -0.2) is 16.8 Å². The third kappa shape index (κ3) is 6.83. The number of ketones is 2. The van der Waals surface area contributed by atoms with Crippen molar-refractivity contribution in [3.05, 3.63) is 59.7 Å². The van der Waals surface area contributed by atoms with Gasteiger partial charge < -0.3 is 0 Å². The average molecular weight is 410 g/mol. The van der Waals surface area contributed by atoms with Crippen LogP contribution in [0.5, 0.6) is 0 Å². The van der Waals surface area contributed by atoms with Gasteiger partial charge in [-0.2, -0.15) is 0 Å². The van der Waals surface area contributed by atoms with Gasteiger partial charge in [0.2, 0.25) is 20.0 Å². The van der Waals surface area contributed by atoms with E-state index in [4.69, 9.17) is 0 Å². The lowest BCUT2D eigenvalue weighted by Gasteiger charge is -2.06. The highest BCUT2D eigenvalue weighted by atomic mass is 32.2. The average Bonchev–Trinajstić information content (AvgIpc) is 2.53. The summed E-state index contributed by atoms with van der Waals surface area (Å²) in [5.74, 6) is -0.825. The first-order valence-corrected chi connectivity index (χ1v) is 11.4. The van der Waals surface area contributed by atoms with Gasteiger partial charge in [0.1, 0.15) is 0 Å². The van der Waals surface area contributed by atoms with Gasteiger partial charge in [-0.1, -0.05) is 0 Å². The summed E-state index contributed by atoms with van der Waals surface area (Å²) in [4.78, 5) is 24.5. The number of nitrogens with one attached hydrogen (secondary N) is 2. The largest absolute Gasteiger partial charge is 0.294 e. The molecule has 0 spiro atoms. The summed E-state index contributed by atoms with van der Waals surface area (Å²) in [6.07, 6.45) is 1.67. The molecule has 0 fully saturated rings. The number of sulfonamides is 2. The number of Topliss-reactive ketones (excluding diaryl/α,β-unsaturated/α-hetero) is 2. The topological polar surface area (TPSA) is 126 Å². The molecule has 2 aromatic rings. The molecular formula is C17H18N2O6S2. The number of benzene rings is 2. The summed E-state index contributed by atoms with van der Waals surface area (Å²) < 4.78 is 49.2. The smallest absolute Gasteiger partial charge is 0.229 e. The van der Waals surface area contributed by atoms with Crippen molar-refractivity contribution >= 4 is 43.0 Å². The highest BCUT2D eigenvalue weighted by molar-refractivity contribution is 7.92. The van der Waals surface area contributed by atoms with E-state index in [0.29, 0.717) is 11.4 Å². The van der Waals surface area contributed by atoms with E-state index in [0.717, 1.165) is 12.5 Å². The maximum atomic E-state index is 12.2. The van der Waals surface area contributed by atoms with E-state index >= 15 is 0 Å². The van der Waals surface area contributed by atoms with Crippen LogP contribution in [-0.2, 0) is 20.0 Å². The fraction of sp³-hybridized carbons (Fsp3) is 0.176. The molecule has 0 heterocycles. The van der Waals surface area contributed by atoms with E-state index in [1.54, 1.807) is 0 Å². The molecule has 144 valence electrons. The molecule has 0 radical (unpaired) electrons. The van der Waals surface area contributed by atoms with Crippen LogP contribution in [0.3, 0.4) is 0 Å². The van der Waals surface area contributed by atoms with Crippen LogP contribution in [0.15, 0.2) is 48.5 Å². The second-order valence-corrected chi connectivity index (χ2v) is 9.42. The van der Waals surface area contributed by atoms with Crippen molar-refractivity contribution in [2.24, 2.45) is 0 Å². The summed E-state index contributed by atoms with van der Waals surface area (Å²) in [5, 5.41) is 0. The normalized spacial score (nSPS) is 11.6. The Labute approximate surface area is 157 Å². The molecule has 0 aliphatic heterocycles. The molecule has 0 saturated heterocycles. The minimum Gasteiger partial charge on any atom is -0.294 e. The van der Waals surface area contributed by atoms with E-state index in [9.17, 15) is 26.4 Å². The molecule has 0 saturated carbocycles. The Morgan fingerprint density at radius 3 is 1.22 bits per heavy atom. The minimum atomic E-state index is -3.41. The van der Waals surface area contributed by atoms with E-state index in [1.165, 1.54) is 48.5 Å². The molecule has 0 amide bonds. The third-order valence-corrected chi connectivity index (χ3v) is 4.55. The van der Waals surface area contributed by atoms with Crippen molar-refractivity contribution in [2.45, 2.75) is 6.42 Å². The maximum absolute atomic E-state index is 12.2. The monoisotopic (exact) mass is 410 g/mol. The zero-order valence-electron chi connectivity index (χ0n) is 14.6. The first-order valence-electron chi connectivity index (χ1n) is 7.65. The summed E-state index contributed by atoms with van der Waals surface area (Å²) in [7, 11) is -6.82. The number of hydrogen-bond donors (Lipinski definition) is 2. The molecule has 0 atom stereocenters. The summed E-state index contributed by atoms with van der Waals surface area (Å²) >= 11 is 0. The van der Waals surface area contributed by atoms with Crippen LogP contribution in [0, 0.1) is 0 Å². The van der Waals surface area contributed by atoms with Gasteiger partial charge in [-0.15, -0.1) is 0 Å². The molecule has 2 aromatic carbocycles. The Morgan fingerprint density at radius 2 is 0.963 bits per heavy atom. The molecule has 0 aromatic heterocycles. The van der Waals surface area contributed by atoms with E-state index in [1.807, 2.05) is 0 Å². The highest BCUT2D eigenvalue weighted by Crippen LogP contribution is 2.16. The molecule has 2 rings (SSSR count). The summed E-state index contributed by atoms with van der Waals surface area (Å²) in [6.45, 7) is 0. The van der Waals surface area contributed by atoms with Crippen LogP contribution in [0.1, 0.15) is 27.1 Å². The van der Waals surface area contributed by atoms with Gasteiger partial charge in [-0.05, 0) is 48.5 Å². The van der Waals surface area contributed by atoms with Crippen molar-refractivity contribution in [2.75, 3.05) is 22.0 Å². The lowest BCUT2D eigenvalue weighted by molar-refractivity contribution is 0.0894. The Balaban J connectivity index is 2.03. The fourth-order valence-electron chi connectivity index (χ4n) is 2.23. The van der Waals surface area contributed by atoms with Crippen molar-refractivity contribution in [1.82, 2.24) is 0 Å². The van der Waals surface area contributed by atoms with Crippen molar-refractivity contribution < 1.29 is 26.4 Å². The molecule has 0 aliphatic rings. The van der Waals surface area contributed by atoms with Crippen molar-refractivity contribution in [1.29, 1.82) is 0 Å². The molecule has 0 unspecified atom stereocenters. The second-order valence-electron chi connectivity index (χ2n) is 5.93. The molecule has 2 N–H and O–H groups in total. The Kier molecular flexibility index (Phi) is 6.01. The van der Waals surface area contributed by atoms with Crippen LogP contribution in [0.4, 0.5) is 11.4 Å². The summed E-state index contributed by atoms with van der Waals surface area (Å²) in [6, 6.07) is 11.5. The SMILES string of the molecule is CS(=O)(=O)Nc1ccc(C(=O)CC(=O)c2ccc(NS(C)(=O)=O)cc2)cc1. The fourth-order valence-corrected chi connectivity index (χ4v) is 3.35. The molecule has 10 heteroatoms. The molecule has 0 bridgehead atoms. The standard InChI is InChI=1S/C17H18N2O6S2/c1-26(22,23)18-14-7-3-12(4-8-14)16(20)11-17(21)13-5-9-15(10-6-13)19-27(2,24)25/h3-10,18-19H,11H2,1-2H3. The number of rotatable bonds is 8. The number of anilines is 2. The minimum absolute atomic E-state index is 0.276. The van der Waals surface area contributed by atoms with E-state index in [-0.39, 0.29) is 17.5 Å².